The quantitative estimate of drug-likeness (QED) is 0.149. The number of fused-ring (bicyclic) bond motifs is 6. The van der Waals surface area contributed by atoms with Gasteiger partial charge in [0.1, 0.15) is 5.82 Å². The van der Waals surface area contributed by atoms with Crippen molar-refractivity contribution in [2.75, 3.05) is 0 Å². The van der Waals surface area contributed by atoms with Gasteiger partial charge in [0.15, 0.2) is 11.4 Å². The van der Waals surface area contributed by atoms with Crippen molar-refractivity contribution in [1.29, 1.82) is 15.8 Å². The standard InChI is InChI=1S/C64H34N8/c1-68-51-16-7-14-44(29-51)48-20-24-60-55(33-48)54-31-46(42-12-5-9-40(27-42)36-65)19-23-59(54)71(60)63-39-70-64(35-58(63)53-18-4-3-11-50(53)38-67)72-61-25-21-47(43-13-6-10-41(28-43)37-66)32-56(61)57-34-49(22-26-62(57)72)45-15-8-17-52(30-45)69-2/h3-35,39H. The fourth-order valence-corrected chi connectivity index (χ4v) is 10.1. The van der Waals surface area contributed by atoms with Crippen LogP contribution in [0.15, 0.2) is 206 Å². The number of rotatable bonds is 7. The molecule has 0 saturated heterocycles. The van der Waals surface area contributed by atoms with Crippen LogP contribution in [0.4, 0.5) is 11.4 Å². The monoisotopic (exact) mass is 914 g/mol. The molecule has 0 bridgehead atoms. The number of benzene rings is 9. The molecule has 8 nitrogen and oxygen atoms in total. The predicted octanol–water partition coefficient (Wildman–Crippen LogP) is 16.3. The minimum atomic E-state index is 0.510. The van der Waals surface area contributed by atoms with Gasteiger partial charge in [-0.15, -0.1) is 0 Å². The molecule has 330 valence electrons. The van der Waals surface area contributed by atoms with Crippen LogP contribution in [-0.2, 0) is 0 Å². The van der Waals surface area contributed by atoms with Crippen LogP contribution in [0.2, 0.25) is 0 Å². The Morgan fingerprint density at radius 1 is 0.375 bits per heavy atom. The molecule has 0 radical (unpaired) electrons. The zero-order chi connectivity index (χ0) is 48.9. The van der Waals surface area contributed by atoms with Crippen molar-refractivity contribution in [2.45, 2.75) is 0 Å². The lowest BCUT2D eigenvalue weighted by Crippen LogP contribution is -2.04. The summed E-state index contributed by atoms with van der Waals surface area (Å²) in [6.07, 6.45) is 1.90. The molecule has 0 aliphatic carbocycles. The molecule has 3 heterocycles. The number of hydrogen-bond acceptors (Lipinski definition) is 4. The van der Waals surface area contributed by atoms with Gasteiger partial charge in [-0.05, 0) is 142 Å². The highest BCUT2D eigenvalue weighted by molar-refractivity contribution is 6.13. The summed E-state index contributed by atoms with van der Waals surface area (Å²) in [6.45, 7) is 15.4. The van der Waals surface area contributed by atoms with E-state index in [1.165, 1.54) is 0 Å². The summed E-state index contributed by atoms with van der Waals surface area (Å²) < 4.78 is 4.38. The van der Waals surface area contributed by atoms with E-state index in [2.05, 4.69) is 116 Å². The number of nitriles is 3. The van der Waals surface area contributed by atoms with Gasteiger partial charge in [0, 0.05) is 32.7 Å². The van der Waals surface area contributed by atoms with Crippen molar-refractivity contribution in [1.82, 2.24) is 14.1 Å². The van der Waals surface area contributed by atoms with Gasteiger partial charge in [-0.2, -0.15) is 15.8 Å². The maximum Gasteiger partial charge on any atom is 0.187 e. The molecule has 0 aliphatic heterocycles. The second kappa shape index (κ2) is 17.4. The Hall–Kier alpha value is -10.8. The molecule has 72 heavy (non-hydrogen) atoms. The van der Waals surface area contributed by atoms with E-state index in [1.54, 1.807) is 12.1 Å². The molecule has 0 N–H and O–H groups in total. The number of hydrogen-bond donors (Lipinski definition) is 0. The summed E-state index contributed by atoms with van der Waals surface area (Å²) in [5.41, 5.74) is 16.3. The number of pyridine rings is 1. The first-order chi connectivity index (χ1) is 35.4. The summed E-state index contributed by atoms with van der Waals surface area (Å²) in [5, 5.41) is 34.2. The average molecular weight is 915 g/mol. The van der Waals surface area contributed by atoms with Crippen molar-refractivity contribution in [3.05, 3.63) is 246 Å². The lowest BCUT2D eigenvalue weighted by Gasteiger charge is -2.17. The second-order valence-corrected chi connectivity index (χ2v) is 17.5. The largest absolute Gasteiger partial charge is 0.307 e. The van der Waals surface area contributed by atoms with Gasteiger partial charge in [-0.25, -0.2) is 14.7 Å². The maximum atomic E-state index is 10.7. The Balaban J connectivity index is 1.12. The molecule has 0 atom stereocenters. The van der Waals surface area contributed by atoms with Crippen molar-refractivity contribution >= 4 is 55.0 Å². The van der Waals surface area contributed by atoms with E-state index in [0.717, 1.165) is 105 Å². The van der Waals surface area contributed by atoms with Crippen LogP contribution in [0.1, 0.15) is 16.7 Å². The third kappa shape index (κ3) is 7.17. The molecule has 12 rings (SSSR count). The van der Waals surface area contributed by atoms with Crippen LogP contribution in [0.25, 0.3) is 120 Å². The Kier molecular flexibility index (Phi) is 10.3. The molecule has 9 aromatic carbocycles. The molecule has 8 heteroatoms. The van der Waals surface area contributed by atoms with Crippen LogP contribution in [0.3, 0.4) is 0 Å². The van der Waals surface area contributed by atoms with E-state index >= 15 is 0 Å². The summed E-state index contributed by atoms with van der Waals surface area (Å²) in [6, 6.07) is 72.6. The Morgan fingerprint density at radius 3 is 1.24 bits per heavy atom. The highest BCUT2D eigenvalue weighted by Crippen LogP contribution is 2.43. The van der Waals surface area contributed by atoms with E-state index in [-0.39, 0.29) is 0 Å². The highest BCUT2D eigenvalue weighted by atomic mass is 15.1. The minimum absolute atomic E-state index is 0.510. The van der Waals surface area contributed by atoms with Crippen molar-refractivity contribution in [3.63, 3.8) is 0 Å². The van der Waals surface area contributed by atoms with Crippen LogP contribution in [0, 0.1) is 47.1 Å². The summed E-state index contributed by atoms with van der Waals surface area (Å²) in [4.78, 5) is 12.7. The molecule has 0 spiro atoms. The summed E-state index contributed by atoms with van der Waals surface area (Å²) in [7, 11) is 0. The van der Waals surface area contributed by atoms with Crippen molar-refractivity contribution in [2.24, 2.45) is 0 Å². The Bertz CT molecular complexity index is 4250. The van der Waals surface area contributed by atoms with E-state index in [9.17, 15) is 15.8 Å². The molecule has 0 fully saturated rings. The van der Waals surface area contributed by atoms with Crippen LogP contribution >= 0.6 is 0 Å². The lowest BCUT2D eigenvalue weighted by atomic mass is 9.99. The highest BCUT2D eigenvalue weighted by Gasteiger charge is 2.23. The minimum Gasteiger partial charge on any atom is -0.307 e. The number of aromatic nitrogens is 3. The molecular weight excluding hydrogens is 881 g/mol. The van der Waals surface area contributed by atoms with Gasteiger partial charge in [0.25, 0.3) is 0 Å². The normalized spacial score (nSPS) is 11.0. The van der Waals surface area contributed by atoms with Crippen LogP contribution < -0.4 is 0 Å². The van der Waals surface area contributed by atoms with E-state index in [1.807, 2.05) is 115 Å². The van der Waals surface area contributed by atoms with Gasteiger partial charge >= 0.3 is 0 Å². The Labute approximate surface area is 414 Å². The first-order valence-corrected chi connectivity index (χ1v) is 23.1. The molecule has 0 saturated carbocycles. The van der Waals surface area contributed by atoms with E-state index in [4.69, 9.17) is 18.1 Å². The molecular formula is C64H34N8. The topological polar surface area (TPSA) is 103 Å². The van der Waals surface area contributed by atoms with Gasteiger partial charge in [0.2, 0.25) is 0 Å². The second-order valence-electron chi connectivity index (χ2n) is 17.5. The van der Waals surface area contributed by atoms with Crippen LogP contribution in [0.5, 0.6) is 0 Å². The van der Waals surface area contributed by atoms with E-state index < -0.39 is 0 Å². The van der Waals surface area contributed by atoms with E-state index in [0.29, 0.717) is 33.9 Å². The molecule has 12 aromatic rings. The van der Waals surface area contributed by atoms with Gasteiger partial charge < -0.3 is 4.57 Å². The SMILES string of the molecule is [C-]#[N+]c1cccc(-c2ccc3c(c2)c2cc(-c4cccc(C#N)c4)ccc2n3-c2cc(-c3ccccc3C#N)c(-n3c4ccc(-c5cccc(C#N)c5)cc4c4cc(-c5cccc([N+]#[C-])c5)ccc43)cn2)c1. The fraction of sp³-hybridized carbons (Fsp3) is 0. The lowest BCUT2D eigenvalue weighted by molar-refractivity contribution is 1.06. The molecule has 0 aliphatic rings. The zero-order valence-corrected chi connectivity index (χ0v) is 38.2. The van der Waals surface area contributed by atoms with Gasteiger partial charge in [-0.3, -0.25) is 4.57 Å². The fourth-order valence-electron chi connectivity index (χ4n) is 10.1. The Morgan fingerprint density at radius 2 is 0.792 bits per heavy atom. The van der Waals surface area contributed by atoms with Crippen molar-refractivity contribution < 1.29 is 0 Å². The third-order valence-corrected chi connectivity index (χ3v) is 13.5. The summed E-state index contributed by atoms with van der Waals surface area (Å²) >= 11 is 0. The van der Waals surface area contributed by atoms with Gasteiger partial charge in [0.05, 0.1) is 82.0 Å². The van der Waals surface area contributed by atoms with Crippen LogP contribution in [-0.4, -0.2) is 14.1 Å². The third-order valence-electron chi connectivity index (χ3n) is 13.5. The molecule has 3 aromatic heterocycles. The first kappa shape index (κ1) is 42.5. The smallest absolute Gasteiger partial charge is 0.187 e. The molecule has 0 unspecified atom stereocenters. The molecule has 0 amide bonds. The zero-order valence-electron chi connectivity index (χ0n) is 38.2. The first-order valence-electron chi connectivity index (χ1n) is 23.1. The van der Waals surface area contributed by atoms with Crippen molar-refractivity contribution in [3.8, 4) is 85.3 Å². The summed E-state index contributed by atoms with van der Waals surface area (Å²) in [5.74, 6) is 0.644. The number of nitrogens with zero attached hydrogens (tertiary/aromatic N) is 8. The average Bonchev–Trinajstić information content (AvgIpc) is 3.96. The predicted molar refractivity (Wildman–Crippen MR) is 287 cm³/mol. The maximum absolute atomic E-state index is 10.7. The van der Waals surface area contributed by atoms with Gasteiger partial charge in [-0.1, -0.05) is 103 Å².